The first-order valence-electron chi connectivity index (χ1n) is 12.6. The maximum absolute atomic E-state index is 15.2. The second-order valence-corrected chi connectivity index (χ2v) is 11.1. The molecule has 38 heavy (non-hydrogen) atoms. The number of halogens is 2. The lowest BCUT2D eigenvalue weighted by Crippen LogP contribution is -2.67. The summed E-state index contributed by atoms with van der Waals surface area (Å²) < 4.78 is 29.1. The first-order chi connectivity index (χ1) is 18.2. The Bertz CT molecular complexity index is 1340. The van der Waals surface area contributed by atoms with Crippen LogP contribution in [0.15, 0.2) is 54.0 Å². The third kappa shape index (κ3) is 5.05. The van der Waals surface area contributed by atoms with Crippen LogP contribution in [0.4, 0.5) is 13.9 Å². The van der Waals surface area contributed by atoms with Crippen molar-refractivity contribution in [2.75, 3.05) is 5.32 Å². The molecule has 7 nitrogen and oxygen atoms in total. The van der Waals surface area contributed by atoms with Crippen LogP contribution in [-0.4, -0.2) is 39.7 Å². The monoisotopic (exact) mass is 538 g/mol. The normalized spacial score (nSPS) is 20.4. The Kier molecular flexibility index (Phi) is 7.25. The lowest BCUT2D eigenvalue weighted by molar-refractivity contribution is -0.157. The predicted octanol–water partition coefficient (Wildman–Crippen LogP) is 4.26. The van der Waals surface area contributed by atoms with Gasteiger partial charge in [-0.05, 0) is 48.3 Å². The predicted molar refractivity (Wildman–Crippen MR) is 139 cm³/mol. The van der Waals surface area contributed by atoms with Crippen molar-refractivity contribution in [3.63, 3.8) is 0 Å². The van der Waals surface area contributed by atoms with Crippen molar-refractivity contribution in [2.24, 2.45) is 11.8 Å². The molecule has 1 aliphatic carbocycles. The van der Waals surface area contributed by atoms with E-state index < -0.39 is 47.5 Å². The standard InChI is InChI=1S/C28H28F2N4O3S/c1-15(2)11-22-25(35)32-23(18-12-16-5-3-4-6-17(16)13-18)27(37)34(22)24(20-8-7-19(29)14-21(20)30)26(36)33-28-31-9-10-38-28/h3-10,14-15,18,22-24H,11-13H2,1-2H3,(H,32,35)(H,31,33,36)/t22-,23-,24-/m1/s1. The average molecular weight is 539 g/mol. The SMILES string of the molecule is CC(C)C[C@@H]1C(=O)N[C@H](C2Cc3ccccc3C2)C(=O)N1[C@@H](C(=O)Nc1nccs1)c1ccc(F)cc1F. The minimum Gasteiger partial charge on any atom is -0.342 e. The van der Waals surface area contributed by atoms with Crippen LogP contribution < -0.4 is 10.6 Å². The van der Waals surface area contributed by atoms with Crippen molar-refractivity contribution in [1.29, 1.82) is 0 Å². The molecule has 2 heterocycles. The number of amides is 3. The molecular formula is C28H28F2N4O3S. The molecule has 10 heteroatoms. The van der Waals surface area contributed by atoms with Gasteiger partial charge >= 0.3 is 0 Å². The van der Waals surface area contributed by atoms with Gasteiger partial charge in [0.2, 0.25) is 11.8 Å². The maximum atomic E-state index is 15.2. The number of fused-ring (bicyclic) bond motifs is 1. The smallest absolute Gasteiger partial charge is 0.253 e. The third-order valence-corrected chi connectivity index (χ3v) is 7.84. The fourth-order valence-corrected chi connectivity index (χ4v) is 6.01. The Hall–Kier alpha value is -3.66. The molecule has 1 fully saturated rings. The van der Waals surface area contributed by atoms with Gasteiger partial charge in [-0.15, -0.1) is 11.3 Å². The summed E-state index contributed by atoms with van der Waals surface area (Å²) in [7, 11) is 0. The molecule has 3 aromatic rings. The average Bonchev–Trinajstić information content (AvgIpc) is 3.53. The Morgan fingerprint density at radius 3 is 2.47 bits per heavy atom. The van der Waals surface area contributed by atoms with E-state index >= 15 is 4.39 Å². The number of hydrogen-bond acceptors (Lipinski definition) is 5. The van der Waals surface area contributed by atoms with E-state index in [1.807, 2.05) is 38.1 Å². The molecule has 5 rings (SSSR count). The van der Waals surface area contributed by atoms with Crippen LogP contribution in [0.3, 0.4) is 0 Å². The van der Waals surface area contributed by atoms with Crippen LogP contribution in [0, 0.1) is 23.5 Å². The fourth-order valence-electron chi connectivity index (χ4n) is 5.47. The Labute approximate surface area is 223 Å². The highest BCUT2D eigenvalue weighted by molar-refractivity contribution is 7.13. The first kappa shape index (κ1) is 26.0. The molecule has 2 aliphatic rings. The van der Waals surface area contributed by atoms with E-state index in [2.05, 4.69) is 15.6 Å². The highest BCUT2D eigenvalue weighted by Crippen LogP contribution is 2.36. The largest absolute Gasteiger partial charge is 0.342 e. The van der Waals surface area contributed by atoms with E-state index in [4.69, 9.17) is 0 Å². The van der Waals surface area contributed by atoms with Gasteiger partial charge in [0.15, 0.2) is 5.13 Å². The van der Waals surface area contributed by atoms with Gasteiger partial charge in [0.05, 0.1) is 0 Å². The van der Waals surface area contributed by atoms with Crippen LogP contribution in [0.1, 0.15) is 43.0 Å². The Morgan fingerprint density at radius 2 is 1.87 bits per heavy atom. The van der Waals surface area contributed by atoms with Crippen LogP contribution in [-0.2, 0) is 27.2 Å². The van der Waals surface area contributed by atoms with Gasteiger partial charge in [0, 0.05) is 23.2 Å². The second-order valence-electron chi connectivity index (χ2n) is 10.2. The molecule has 1 saturated heterocycles. The molecule has 0 radical (unpaired) electrons. The van der Waals surface area contributed by atoms with Gasteiger partial charge in [-0.3, -0.25) is 19.7 Å². The number of piperazine rings is 1. The number of benzene rings is 2. The third-order valence-electron chi connectivity index (χ3n) is 7.15. The Morgan fingerprint density at radius 1 is 1.16 bits per heavy atom. The van der Waals surface area contributed by atoms with Crippen LogP contribution in [0.2, 0.25) is 0 Å². The number of carbonyl (C=O) groups excluding carboxylic acids is 3. The van der Waals surface area contributed by atoms with E-state index in [9.17, 15) is 18.8 Å². The molecule has 3 amide bonds. The topological polar surface area (TPSA) is 91.4 Å². The van der Waals surface area contributed by atoms with Gasteiger partial charge in [0.25, 0.3) is 5.91 Å². The van der Waals surface area contributed by atoms with E-state index in [1.54, 1.807) is 5.38 Å². The van der Waals surface area contributed by atoms with Gasteiger partial charge in [-0.1, -0.05) is 44.2 Å². The lowest BCUT2D eigenvalue weighted by Gasteiger charge is -2.44. The zero-order valence-corrected chi connectivity index (χ0v) is 21.8. The highest BCUT2D eigenvalue weighted by atomic mass is 32.1. The number of rotatable bonds is 7. The summed E-state index contributed by atoms with van der Waals surface area (Å²) in [5.41, 5.74) is 2.03. The van der Waals surface area contributed by atoms with Gasteiger partial charge in [0.1, 0.15) is 29.8 Å². The summed E-state index contributed by atoms with van der Waals surface area (Å²) in [4.78, 5) is 46.7. The van der Waals surface area contributed by atoms with Crippen molar-refractivity contribution in [3.05, 3.63) is 82.4 Å². The summed E-state index contributed by atoms with van der Waals surface area (Å²) in [6.45, 7) is 3.80. The van der Waals surface area contributed by atoms with Crippen LogP contribution >= 0.6 is 11.3 Å². The quantitative estimate of drug-likeness (QED) is 0.470. The van der Waals surface area contributed by atoms with Crippen LogP contribution in [0.25, 0.3) is 0 Å². The van der Waals surface area contributed by atoms with E-state index in [0.717, 1.165) is 34.6 Å². The minimum absolute atomic E-state index is 0.00549. The van der Waals surface area contributed by atoms with Gasteiger partial charge in [-0.25, -0.2) is 13.8 Å². The molecule has 1 aromatic heterocycles. The van der Waals surface area contributed by atoms with Crippen molar-refractivity contribution >= 4 is 34.2 Å². The molecular weight excluding hydrogens is 510 g/mol. The molecule has 0 saturated carbocycles. The zero-order valence-electron chi connectivity index (χ0n) is 21.0. The summed E-state index contributed by atoms with van der Waals surface area (Å²) in [5, 5.41) is 7.50. The number of hydrogen-bond donors (Lipinski definition) is 2. The number of thiazole rings is 1. The molecule has 2 N–H and O–H groups in total. The van der Waals surface area contributed by atoms with Crippen molar-refractivity contribution in [1.82, 2.24) is 15.2 Å². The highest BCUT2D eigenvalue weighted by Gasteiger charge is 2.50. The minimum atomic E-state index is -1.51. The van der Waals surface area contributed by atoms with E-state index in [1.165, 1.54) is 11.1 Å². The molecule has 0 unspecified atom stereocenters. The summed E-state index contributed by atoms with van der Waals surface area (Å²) in [5.74, 6) is -3.59. The number of anilines is 1. The Balaban J connectivity index is 1.57. The fraction of sp³-hybridized carbons (Fsp3) is 0.357. The van der Waals surface area contributed by atoms with Crippen LogP contribution in [0.5, 0.6) is 0 Å². The second kappa shape index (κ2) is 10.6. The van der Waals surface area contributed by atoms with Crippen molar-refractivity contribution in [2.45, 2.75) is 51.2 Å². The first-order valence-corrected chi connectivity index (χ1v) is 13.5. The molecule has 0 bridgehead atoms. The number of aromatic nitrogens is 1. The van der Waals surface area contributed by atoms with E-state index in [-0.39, 0.29) is 29.0 Å². The molecule has 2 aromatic carbocycles. The maximum Gasteiger partial charge on any atom is 0.253 e. The van der Waals surface area contributed by atoms with E-state index in [0.29, 0.717) is 18.9 Å². The summed E-state index contributed by atoms with van der Waals surface area (Å²) in [6, 6.07) is 7.33. The lowest BCUT2D eigenvalue weighted by atomic mass is 9.88. The number of nitrogens with one attached hydrogen (secondary N) is 2. The van der Waals surface area contributed by atoms with Gasteiger partial charge < -0.3 is 10.2 Å². The van der Waals surface area contributed by atoms with Crippen molar-refractivity contribution in [3.8, 4) is 0 Å². The summed E-state index contributed by atoms with van der Waals surface area (Å²) in [6.07, 6.45) is 2.95. The molecule has 1 aliphatic heterocycles. The van der Waals surface area contributed by atoms with Gasteiger partial charge in [-0.2, -0.15) is 0 Å². The molecule has 0 spiro atoms. The van der Waals surface area contributed by atoms with Crippen molar-refractivity contribution < 1.29 is 23.2 Å². The molecule has 3 atom stereocenters. The number of carbonyl (C=O) groups is 3. The summed E-state index contributed by atoms with van der Waals surface area (Å²) >= 11 is 1.16. The zero-order chi connectivity index (χ0) is 27.0. The number of nitrogens with zero attached hydrogens (tertiary/aromatic N) is 2. The molecule has 198 valence electrons.